The molecule has 1 aromatic rings. The summed E-state index contributed by atoms with van der Waals surface area (Å²) in [7, 11) is 0. The molecule has 1 aliphatic heterocycles. The third-order valence-electron chi connectivity index (χ3n) is 4.01. The number of hydrogen-bond acceptors (Lipinski definition) is 3. The van der Waals surface area contributed by atoms with Gasteiger partial charge in [-0.05, 0) is 55.6 Å². The van der Waals surface area contributed by atoms with Gasteiger partial charge in [-0.3, -0.25) is 0 Å². The van der Waals surface area contributed by atoms with Crippen LogP contribution in [-0.2, 0) is 10.3 Å². The molecule has 0 spiro atoms. The lowest BCUT2D eigenvalue weighted by atomic mass is 9.84. The molecular weight excluding hydrogens is 304 g/mol. The van der Waals surface area contributed by atoms with Gasteiger partial charge in [0.15, 0.2) is 0 Å². The van der Waals surface area contributed by atoms with Gasteiger partial charge in [0, 0.05) is 37.5 Å². The van der Waals surface area contributed by atoms with E-state index < -0.39 is 0 Å². The van der Waals surface area contributed by atoms with Gasteiger partial charge in [0.05, 0.1) is 5.60 Å². The third kappa shape index (κ3) is 3.36. The molecule has 0 saturated carbocycles. The first-order valence-corrected chi connectivity index (χ1v) is 7.87. The molecule has 0 aliphatic carbocycles. The van der Waals surface area contributed by atoms with Crippen molar-refractivity contribution in [3.05, 3.63) is 28.5 Å². The summed E-state index contributed by atoms with van der Waals surface area (Å²) in [6, 6.07) is 4.76. The summed E-state index contributed by atoms with van der Waals surface area (Å²) >= 11 is 3.39. The quantitative estimate of drug-likeness (QED) is 0.791. The number of piperidine rings is 1. The fourth-order valence-electron chi connectivity index (χ4n) is 2.84. The van der Waals surface area contributed by atoms with Crippen LogP contribution < -0.4 is 0 Å². The van der Waals surface area contributed by atoms with Crippen LogP contribution in [0.15, 0.2) is 22.9 Å². The fraction of sp³-hybridized carbons (Fsp3) is 0.667. The topological polar surface area (TPSA) is 25.4 Å². The van der Waals surface area contributed by atoms with Crippen molar-refractivity contribution >= 4 is 15.9 Å². The maximum absolute atomic E-state index is 6.14. The van der Waals surface area contributed by atoms with Crippen LogP contribution in [-0.4, -0.2) is 35.6 Å². The monoisotopic (exact) mass is 326 g/mol. The highest BCUT2D eigenvalue weighted by Crippen LogP contribution is 2.37. The molecule has 0 radical (unpaired) electrons. The first-order valence-electron chi connectivity index (χ1n) is 7.07. The summed E-state index contributed by atoms with van der Waals surface area (Å²) in [5.74, 6) is 0. The van der Waals surface area contributed by atoms with Gasteiger partial charge in [0.2, 0.25) is 0 Å². The maximum Gasteiger partial charge on any atom is 0.106 e. The fourth-order valence-corrected chi connectivity index (χ4v) is 3.07. The summed E-state index contributed by atoms with van der Waals surface area (Å²) in [6.07, 6.45) is 4.04. The summed E-state index contributed by atoms with van der Waals surface area (Å²) in [4.78, 5) is 6.88. The summed E-state index contributed by atoms with van der Waals surface area (Å²) < 4.78 is 7.02. The van der Waals surface area contributed by atoms with Crippen molar-refractivity contribution in [1.29, 1.82) is 0 Å². The summed E-state index contributed by atoms with van der Waals surface area (Å²) in [5.41, 5.74) is 1.06. The molecule has 0 bridgehead atoms. The first-order chi connectivity index (χ1) is 9.07. The van der Waals surface area contributed by atoms with E-state index in [1.807, 2.05) is 12.3 Å². The molecule has 1 saturated heterocycles. The van der Waals surface area contributed by atoms with Crippen LogP contribution >= 0.6 is 15.9 Å². The van der Waals surface area contributed by atoms with Gasteiger partial charge in [0.1, 0.15) is 4.60 Å². The highest BCUT2D eigenvalue weighted by Gasteiger charge is 2.37. The van der Waals surface area contributed by atoms with Crippen molar-refractivity contribution in [2.45, 2.75) is 45.3 Å². The second-order valence-electron chi connectivity index (χ2n) is 5.43. The number of pyridine rings is 1. The second-order valence-corrected chi connectivity index (χ2v) is 6.24. The lowest BCUT2D eigenvalue weighted by Crippen LogP contribution is -2.46. The second kappa shape index (κ2) is 6.33. The van der Waals surface area contributed by atoms with E-state index in [2.05, 4.69) is 52.7 Å². The van der Waals surface area contributed by atoms with E-state index in [1.165, 1.54) is 5.56 Å². The lowest BCUT2D eigenvalue weighted by molar-refractivity contribution is -0.0888. The van der Waals surface area contributed by atoms with Crippen molar-refractivity contribution in [3.8, 4) is 0 Å². The number of rotatable bonds is 4. The van der Waals surface area contributed by atoms with E-state index in [0.717, 1.165) is 37.1 Å². The Morgan fingerprint density at radius 2 is 2.05 bits per heavy atom. The number of halogens is 1. The molecule has 1 aliphatic rings. The molecule has 2 heterocycles. The van der Waals surface area contributed by atoms with Crippen LogP contribution in [0.4, 0.5) is 0 Å². The molecule has 106 valence electrons. The zero-order valence-electron chi connectivity index (χ0n) is 12.0. The predicted molar refractivity (Wildman–Crippen MR) is 81.2 cm³/mol. The number of hydrogen-bond donors (Lipinski definition) is 0. The average molecular weight is 327 g/mol. The zero-order valence-corrected chi connectivity index (χ0v) is 13.6. The van der Waals surface area contributed by atoms with Crippen molar-refractivity contribution in [1.82, 2.24) is 9.88 Å². The molecule has 4 heteroatoms. The van der Waals surface area contributed by atoms with E-state index in [9.17, 15) is 0 Å². The maximum atomic E-state index is 6.14. The number of likely N-dealkylation sites (tertiary alicyclic amines) is 1. The molecule has 0 atom stereocenters. The molecule has 0 aromatic carbocycles. The van der Waals surface area contributed by atoms with Gasteiger partial charge >= 0.3 is 0 Å². The van der Waals surface area contributed by atoms with Crippen LogP contribution in [0, 0.1) is 0 Å². The van der Waals surface area contributed by atoms with Crippen molar-refractivity contribution in [2.75, 3.05) is 19.7 Å². The van der Waals surface area contributed by atoms with Gasteiger partial charge in [-0.1, -0.05) is 6.07 Å². The molecular formula is C15H23BrN2O. The van der Waals surface area contributed by atoms with E-state index in [1.54, 1.807) is 0 Å². The Morgan fingerprint density at radius 1 is 1.37 bits per heavy atom. The molecule has 1 fully saturated rings. The Hall–Kier alpha value is -0.450. The lowest BCUT2D eigenvalue weighted by Gasteiger charge is -2.43. The minimum atomic E-state index is -0.145. The highest BCUT2D eigenvalue weighted by atomic mass is 79.9. The normalized spacial score (nSPS) is 19.8. The molecule has 0 N–H and O–H groups in total. The number of ether oxygens (including phenoxy) is 1. The Kier molecular flexibility index (Phi) is 4.98. The first kappa shape index (κ1) is 14.9. The largest absolute Gasteiger partial charge is 0.370 e. The number of aromatic nitrogens is 1. The van der Waals surface area contributed by atoms with E-state index >= 15 is 0 Å². The van der Waals surface area contributed by atoms with Gasteiger partial charge in [-0.15, -0.1) is 0 Å². The molecule has 0 unspecified atom stereocenters. The van der Waals surface area contributed by atoms with Crippen molar-refractivity contribution in [3.63, 3.8) is 0 Å². The Labute approximate surface area is 124 Å². The van der Waals surface area contributed by atoms with Crippen LogP contribution in [0.25, 0.3) is 0 Å². The predicted octanol–water partition coefficient (Wildman–Crippen LogP) is 3.58. The minimum absolute atomic E-state index is 0.145. The molecule has 1 aromatic heterocycles. The van der Waals surface area contributed by atoms with Crippen LogP contribution in [0.5, 0.6) is 0 Å². The smallest absolute Gasteiger partial charge is 0.106 e. The van der Waals surface area contributed by atoms with E-state index in [0.29, 0.717) is 6.04 Å². The average Bonchev–Trinajstić information content (AvgIpc) is 2.40. The molecule has 3 nitrogen and oxygen atoms in total. The molecule has 19 heavy (non-hydrogen) atoms. The standard InChI is InChI=1S/C15H23BrN2O/c1-4-19-15(13-5-6-14(16)17-11-13)7-9-18(10-8-15)12(2)3/h5-6,11-12H,4,7-10H2,1-3H3. The Bertz CT molecular complexity index is 397. The van der Waals surface area contributed by atoms with Gasteiger partial charge < -0.3 is 9.64 Å². The van der Waals surface area contributed by atoms with Crippen LogP contribution in [0.3, 0.4) is 0 Å². The minimum Gasteiger partial charge on any atom is -0.370 e. The van der Waals surface area contributed by atoms with E-state index in [4.69, 9.17) is 4.74 Å². The zero-order chi connectivity index (χ0) is 13.9. The molecule has 2 rings (SSSR count). The van der Waals surface area contributed by atoms with Crippen molar-refractivity contribution < 1.29 is 4.74 Å². The summed E-state index contributed by atoms with van der Waals surface area (Å²) in [6.45, 7) is 9.52. The SMILES string of the molecule is CCOC1(c2ccc(Br)nc2)CCN(C(C)C)CC1. The Balaban J connectivity index is 2.18. The molecule has 0 amide bonds. The van der Waals surface area contributed by atoms with E-state index in [-0.39, 0.29) is 5.60 Å². The third-order valence-corrected chi connectivity index (χ3v) is 4.48. The number of nitrogens with zero attached hydrogens (tertiary/aromatic N) is 2. The van der Waals surface area contributed by atoms with Crippen LogP contribution in [0.2, 0.25) is 0 Å². The Morgan fingerprint density at radius 3 is 2.53 bits per heavy atom. The van der Waals surface area contributed by atoms with Crippen LogP contribution in [0.1, 0.15) is 39.2 Å². The van der Waals surface area contributed by atoms with Crippen molar-refractivity contribution in [2.24, 2.45) is 0 Å². The van der Waals surface area contributed by atoms with Gasteiger partial charge in [-0.2, -0.15) is 0 Å². The highest BCUT2D eigenvalue weighted by molar-refractivity contribution is 9.10. The summed E-state index contributed by atoms with van der Waals surface area (Å²) in [5, 5.41) is 0. The van der Waals surface area contributed by atoms with Gasteiger partial charge in [-0.25, -0.2) is 4.98 Å². The van der Waals surface area contributed by atoms with Gasteiger partial charge in [0.25, 0.3) is 0 Å².